The molecule has 0 saturated carbocycles. The first-order valence-corrected chi connectivity index (χ1v) is 8.67. The molecule has 0 aliphatic heterocycles. The van der Waals surface area contributed by atoms with Crippen LogP contribution in [0.25, 0.3) is 0 Å². The molecule has 1 atom stereocenters. The first-order chi connectivity index (χ1) is 10.6. The third-order valence-corrected chi connectivity index (χ3v) is 3.67. The molecule has 0 aliphatic rings. The number of hydrogen-bond acceptors (Lipinski definition) is 3. The van der Waals surface area contributed by atoms with Crippen molar-refractivity contribution < 1.29 is 19.8 Å². The molecular formula is C18H32O4. The molecule has 2 N–H and O–H groups in total. The Bertz CT molecular complexity index is 323. The normalized spacial score (nSPS) is 12.6. The van der Waals surface area contributed by atoms with Crippen molar-refractivity contribution in [2.45, 2.75) is 90.1 Å². The molecule has 0 spiro atoms. The number of carbonyl (C=O) groups is 2. The fourth-order valence-corrected chi connectivity index (χ4v) is 2.28. The minimum absolute atomic E-state index is 0.0837. The molecular weight excluding hydrogens is 280 g/mol. The summed E-state index contributed by atoms with van der Waals surface area (Å²) < 4.78 is 0. The van der Waals surface area contributed by atoms with E-state index >= 15 is 0 Å². The van der Waals surface area contributed by atoms with Gasteiger partial charge in [-0.3, -0.25) is 9.59 Å². The van der Waals surface area contributed by atoms with E-state index in [0.29, 0.717) is 6.42 Å². The lowest BCUT2D eigenvalue weighted by molar-refractivity contribution is -0.137. The van der Waals surface area contributed by atoms with E-state index in [4.69, 9.17) is 5.11 Å². The number of ketones is 1. The van der Waals surface area contributed by atoms with Crippen LogP contribution in [0.2, 0.25) is 0 Å². The van der Waals surface area contributed by atoms with E-state index in [1.165, 1.54) is 6.08 Å². The summed E-state index contributed by atoms with van der Waals surface area (Å²) in [5.74, 6) is -0.644. The fraction of sp³-hybridized carbons (Fsp3) is 0.778. The van der Waals surface area contributed by atoms with E-state index < -0.39 is 12.1 Å². The molecule has 4 nitrogen and oxygen atoms in total. The number of carboxylic acids is 1. The van der Waals surface area contributed by atoms with E-state index in [1.54, 1.807) is 6.08 Å². The van der Waals surface area contributed by atoms with Crippen LogP contribution in [0.15, 0.2) is 12.2 Å². The number of unbranched alkanes of at least 4 members (excludes halogenated alkanes) is 7. The molecule has 0 unspecified atom stereocenters. The van der Waals surface area contributed by atoms with Crippen molar-refractivity contribution in [3.8, 4) is 0 Å². The third-order valence-electron chi connectivity index (χ3n) is 3.67. The van der Waals surface area contributed by atoms with E-state index in [1.807, 2.05) is 0 Å². The van der Waals surface area contributed by atoms with Gasteiger partial charge in [0.1, 0.15) is 0 Å². The van der Waals surface area contributed by atoms with Crippen molar-refractivity contribution in [3.63, 3.8) is 0 Å². The first-order valence-electron chi connectivity index (χ1n) is 8.67. The number of carboxylic acid groups (broad SMARTS) is 1. The van der Waals surface area contributed by atoms with Gasteiger partial charge >= 0.3 is 5.97 Å². The maximum absolute atomic E-state index is 11.6. The predicted octanol–water partition coefficient (Wildman–Crippen LogP) is 4.26. The molecule has 22 heavy (non-hydrogen) atoms. The molecule has 0 aromatic carbocycles. The summed E-state index contributed by atoms with van der Waals surface area (Å²) in [4.78, 5) is 22.0. The van der Waals surface area contributed by atoms with Gasteiger partial charge in [-0.25, -0.2) is 0 Å². The summed E-state index contributed by atoms with van der Waals surface area (Å²) in [5.41, 5.74) is 0. The molecule has 128 valence electrons. The van der Waals surface area contributed by atoms with Gasteiger partial charge in [-0.2, -0.15) is 0 Å². The Morgan fingerprint density at radius 3 is 2.09 bits per heavy atom. The zero-order valence-corrected chi connectivity index (χ0v) is 13.9. The molecule has 0 aliphatic carbocycles. The highest BCUT2D eigenvalue weighted by atomic mass is 16.4. The number of hydrogen-bond donors (Lipinski definition) is 2. The van der Waals surface area contributed by atoms with Crippen LogP contribution < -0.4 is 0 Å². The van der Waals surface area contributed by atoms with E-state index in [2.05, 4.69) is 6.92 Å². The van der Waals surface area contributed by atoms with Gasteiger partial charge in [-0.1, -0.05) is 57.9 Å². The van der Waals surface area contributed by atoms with Gasteiger partial charge in [0.05, 0.1) is 6.10 Å². The Labute approximate surface area is 134 Å². The molecule has 0 saturated heterocycles. The molecule has 0 rings (SSSR count). The predicted molar refractivity (Wildman–Crippen MR) is 88.9 cm³/mol. The molecule has 0 heterocycles. The molecule has 0 aromatic heterocycles. The van der Waals surface area contributed by atoms with Crippen molar-refractivity contribution in [1.29, 1.82) is 0 Å². The Kier molecular flexibility index (Phi) is 14.0. The number of aliphatic carboxylic acids is 1. The highest BCUT2D eigenvalue weighted by Gasteiger charge is 2.02. The summed E-state index contributed by atoms with van der Waals surface area (Å²) in [6, 6.07) is 0. The van der Waals surface area contributed by atoms with E-state index in [-0.39, 0.29) is 12.2 Å². The highest BCUT2D eigenvalue weighted by molar-refractivity contribution is 5.89. The number of aliphatic hydroxyl groups excluding tert-OH is 1. The van der Waals surface area contributed by atoms with Gasteiger partial charge in [-0.05, 0) is 25.3 Å². The summed E-state index contributed by atoms with van der Waals surface area (Å²) in [5, 5.41) is 18.2. The monoisotopic (exact) mass is 312 g/mol. The van der Waals surface area contributed by atoms with Crippen molar-refractivity contribution in [2.75, 3.05) is 0 Å². The van der Waals surface area contributed by atoms with Crippen LogP contribution in [0.5, 0.6) is 0 Å². The molecule has 0 bridgehead atoms. The lowest BCUT2D eigenvalue weighted by atomic mass is 10.1. The fourth-order valence-electron chi connectivity index (χ4n) is 2.28. The lowest BCUT2D eigenvalue weighted by Gasteiger charge is -2.04. The standard InChI is InChI=1S/C18H32O4/c1-2-3-8-11-16(19)14-15-17(20)12-9-6-4-5-7-10-13-18(21)22/h14-16,19H,2-13H2,1H3,(H,21,22)/b15-14+/t16-/m1/s1. The lowest BCUT2D eigenvalue weighted by Crippen LogP contribution is -2.03. The number of aliphatic hydroxyl groups is 1. The Morgan fingerprint density at radius 1 is 0.909 bits per heavy atom. The van der Waals surface area contributed by atoms with Crippen LogP contribution in [0.3, 0.4) is 0 Å². The molecule has 0 fully saturated rings. The molecule has 0 radical (unpaired) electrons. The molecule has 0 aromatic rings. The average molecular weight is 312 g/mol. The maximum Gasteiger partial charge on any atom is 0.303 e. The van der Waals surface area contributed by atoms with Crippen molar-refractivity contribution in [3.05, 3.63) is 12.2 Å². The molecule has 4 heteroatoms. The number of carbonyl (C=O) groups excluding carboxylic acids is 1. The van der Waals surface area contributed by atoms with Crippen LogP contribution in [0.4, 0.5) is 0 Å². The van der Waals surface area contributed by atoms with Crippen LogP contribution >= 0.6 is 0 Å². The summed E-state index contributed by atoms with van der Waals surface area (Å²) >= 11 is 0. The summed E-state index contributed by atoms with van der Waals surface area (Å²) in [6.45, 7) is 2.12. The van der Waals surface area contributed by atoms with Crippen molar-refractivity contribution in [2.24, 2.45) is 0 Å². The van der Waals surface area contributed by atoms with E-state index in [0.717, 1.165) is 64.2 Å². The maximum atomic E-state index is 11.6. The first kappa shape index (κ1) is 20.8. The van der Waals surface area contributed by atoms with Crippen LogP contribution in [0.1, 0.15) is 84.0 Å². The SMILES string of the molecule is CCCCC[C@@H](O)/C=C/C(=O)CCCCCCCCC(=O)O. The van der Waals surface area contributed by atoms with Crippen molar-refractivity contribution in [1.82, 2.24) is 0 Å². The van der Waals surface area contributed by atoms with Gasteiger partial charge in [0, 0.05) is 12.8 Å². The second-order valence-electron chi connectivity index (χ2n) is 5.90. The van der Waals surface area contributed by atoms with Gasteiger partial charge < -0.3 is 10.2 Å². The van der Waals surface area contributed by atoms with Crippen LogP contribution in [-0.4, -0.2) is 28.1 Å². The summed E-state index contributed by atoms with van der Waals surface area (Å²) in [6.07, 6.45) is 13.1. The van der Waals surface area contributed by atoms with Crippen LogP contribution in [0, 0.1) is 0 Å². The van der Waals surface area contributed by atoms with Gasteiger partial charge in [0.15, 0.2) is 5.78 Å². The second-order valence-corrected chi connectivity index (χ2v) is 5.90. The third kappa shape index (κ3) is 15.2. The quantitative estimate of drug-likeness (QED) is 0.350. The zero-order chi connectivity index (χ0) is 16.6. The van der Waals surface area contributed by atoms with Crippen molar-refractivity contribution >= 4 is 11.8 Å². The van der Waals surface area contributed by atoms with Gasteiger partial charge in [0.25, 0.3) is 0 Å². The Balaban J connectivity index is 3.47. The minimum atomic E-state index is -0.728. The second kappa shape index (κ2) is 14.8. The Hall–Kier alpha value is -1.16. The highest BCUT2D eigenvalue weighted by Crippen LogP contribution is 2.09. The number of rotatable bonds is 15. The molecule has 0 amide bonds. The largest absolute Gasteiger partial charge is 0.481 e. The average Bonchev–Trinajstić information content (AvgIpc) is 2.47. The summed E-state index contributed by atoms with van der Waals surface area (Å²) in [7, 11) is 0. The van der Waals surface area contributed by atoms with E-state index in [9.17, 15) is 14.7 Å². The van der Waals surface area contributed by atoms with Gasteiger partial charge in [-0.15, -0.1) is 0 Å². The Morgan fingerprint density at radius 2 is 1.50 bits per heavy atom. The van der Waals surface area contributed by atoms with Gasteiger partial charge in [0.2, 0.25) is 0 Å². The topological polar surface area (TPSA) is 74.6 Å². The zero-order valence-electron chi connectivity index (χ0n) is 13.9. The smallest absolute Gasteiger partial charge is 0.303 e. The number of allylic oxidation sites excluding steroid dienone is 1. The van der Waals surface area contributed by atoms with Crippen LogP contribution in [-0.2, 0) is 9.59 Å². The minimum Gasteiger partial charge on any atom is -0.481 e.